The summed E-state index contributed by atoms with van der Waals surface area (Å²) in [7, 11) is 1.20. The van der Waals surface area contributed by atoms with Crippen molar-refractivity contribution >= 4 is 68.2 Å². The number of hydrogen-bond acceptors (Lipinski definition) is 10. The first kappa shape index (κ1) is 30.7. The maximum atomic E-state index is 13.4. The van der Waals surface area contributed by atoms with Crippen molar-refractivity contribution in [3.63, 3.8) is 0 Å². The van der Waals surface area contributed by atoms with E-state index in [-0.39, 0.29) is 0 Å². The van der Waals surface area contributed by atoms with Crippen LogP contribution in [0.15, 0.2) is 47.3 Å². The quantitative estimate of drug-likeness (QED) is 0.209. The van der Waals surface area contributed by atoms with Gasteiger partial charge in [0.05, 0.1) is 33.8 Å². The molecular weight excluding hydrogens is 639 g/mol. The summed E-state index contributed by atoms with van der Waals surface area (Å²) < 4.78 is 19.9. The summed E-state index contributed by atoms with van der Waals surface area (Å²) in [5, 5.41) is 7.37. The molecule has 2 saturated heterocycles. The van der Waals surface area contributed by atoms with E-state index in [1.54, 1.807) is 39.0 Å². The number of aromatic nitrogens is 4. The normalized spacial score (nSPS) is 17.2. The molecule has 6 rings (SSSR count). The summed E-state index contributed by atoms with van der Waals surface area (Å²) in [6.45, 7) is 10.2. The number of anilines is 5. The minimum atomic E-state index is -2.73. The number of fused-ring (bicyclic) bond motifs is 1. The molecule has 0 amide bonds. The number of nitrogens with one attached hydrogen (secondary N) is 2. The SMILES string of the molecule is COc1cc(N2CCC3(CCN(C)CC3)CC2)c(C)cc1Nc1ncc(Br)c(Nc2ccc3nccnc3c2P(C)(C)=O)n1. The number of likely N-dealkylation sites (tertiary alicyclic amines) is 1. The zero-order valence-corrected chi connectivity index (χ0v) is 28.5. The maximum Gasteiger partial charge on any atom is 0.229 e. The number of nitrogens with zero attached hydrogens (tertiary/aromatic N) is 6. The summed E-state index contributed by atoms with van der Waals surface area (Å²) in [6, 6.07) is 7.97. The highest BCUT2D eigenvalue weighted by Crippen LogP contribution is 2.44. The van der Waals surface area contributed by atoms with E-state index >= 15 is 0 Å². The van der Waals surface area contributed by atoms with E-state index in [1.807, 2.05) is 12.1 Å². The van der Waals surface area contributed by atoms with Crippen LogP contribution in [0.25, 0.3) is 11.0 Å². The smallest absolute Gasteiger partial charge is 0.229 e. The Morgan fingerprint density at radius 2 is 1.66 bits per heavy atom. The van der Waals surface area contributed by atoms with Gasteiger partial charge >= 0.3 is 0 Å². The topological polar surface area (TPSA) is 108 Å². The lowest BCUT2D eigenvalue weighted by molar-refractivity contribution is 0.0944. The van der Waals surface area contributed by atoms with Crippen molar-refractivity contribution in [2.45, 2.75) is 32.6 Å². The molecule has 2 aliphatic heterocycles. The zero-order valence-electron chi connectivity index (χ0n) is 26.0. The highest BCUT2D eigenvalue weighted by Gasteiger charge is 2.37. The van der Waals surface area contributed by atoms with E-state index in [1.165, 1.54) is 50.0 Å². The van der Waals surface area contributed by atoms with Crippen molar-refractivity contribution in [1.29, 1.82) is 0 Å². The largest absolute Gasteiger partial charge is 0.494 e. The van der Waals surface area contributed by atoms with Crippen LogP contribution in [0.2, 0.25) is 0 Å². The average Bonchev–Trinajstić information content (AvgIpc) is 3.00. The van der Waals surface area contributed by atoms with Crippen molar-refractivity contribution in [2.24, 2.45) is 5.41 Å². The number of halogens is 1. The van der Waals surface area contributed by atoms with E-state index in [4.69, 9.17) is 9.72 Å². The first-order valence-corrected chi connectivity index (χ1v) is 18.4. The molecule has 0 saturated carbocycles. The summed E-state index contributed by atoms with van der Waals surface area (Å²) in [4.78, 5) is 23.1. The summed E-state index contributed by atoms with van der Waals surface area (Å²) in [5.41, 5.74) is 5.65. The third-order valence-corrected chi connectivity index (χ3v) is 11.2. The van der Waals surface area contributed by atoms with E-state index in [0.717, 1.165) is 24.5 Å². The predicted octanol–water partition coefficient (Wildman–Crippen LogP) is 6.55. The van der Waals surface area contributed by atoms with E-state index in [2.05, 4.69) is 77.4 Å². The lowest BCUT2D eigenvalue weighted by Gasteiger charge is -2.47. The van der Waals surface area contributed by atoms with E-state index in [0.29, 0.717) is 43.7 Å². The van der Waals surface area contributed by atoms with Crippen LogP contribution >= 0.6 is 23.1 Å². The van der Waals surface area contributed by atoms with Gasteiger partial charge in [0.25, 0.3) is 0 Å². The fourth-order valence-electron chi connectivity index (χ4n) is 6.53. The number of methoxy groups -OCH3 is 1. The van der Waals surface area contributed by atoms with Crippen LogP contribution in [-0.4, -0.2) is 78.5 Å². The number of piperidine rings is 2. The van der Waals surface area contributed by atoms with Crippen LogP contribution in [0.4, 0.5) is 28.8 Å². The third kappa shape index (κ3) is 6.28. The second-order valence-electron chi connectivity index (χ2n) is 12.5. The van der Waals surface area contributed by atoms with Gasteiger partial charge in [-0.2, -0.15) is 4.98 Å². The van der Waals surface area contributed by atoms with Gasteiger partial charge < -0.3 is 29.7 Å². The number of rotatable bonds is 7. The molecule has 2 fully saturated rings. The van der Waals surface area contributed by atoms with Crippen LogP contribution in [0, 0.1) is 12.3 Å². The number of aryl methyl sites for hydroxylation is 1. The molecule has 12 heteroatoms. The average molecular weight is 680 g/mol. The Kier molecular flexibility index (Phi) is 8.56. The molecular formula is C32H40BrN8O2P. The lowest BCUT2D eigenvalue weighted by atomic mass is 9.71. The Balaban J connectivity index is 1.23. The van der Waals surface area contributed by atoms with Crippen LogP contribution in [0.1, 0.15) is 31.2 Å². The van der Waals surface area contributed by atoms with Crippen LogP contribution in [-0.2, 0) is 4.57 Å². The summed E-state index contributed by atoms with van der Waals surface area (Å²) >= 11 is 3.58. The molecule has 0 radical (unpaired) electrons. The molecule has 4 aromatic rings. The molecule has 232 valence electrons. The molecule has 0 aliphatic carbocycles. The Morgan fingerprint density at radius 3 is 2.36 bits per heavy atom. The molecule has 1 spiro atoms. The fraction of sp³-hybridized carbons (Fsp3) is 0.438. The molecule has 0 unspecified atom stereocenters. The predicted molar refractivity (Wildman–Crippen MR) is 183 cm³/mol. The molecule has 2 aromatic heterocycles. The molecule has 10 nitrogen and oxygen atoms in total. The van der Waals surface area contributed by atoms with Crippen molar-refractivity contribution in [3.8, 4) is 5.75 Å². The summed E-state index contributed by atoms with van der Waals surface area (Å²) in [6.07, 6.45) is 10.0. The van der Waals surface area contributed by atoms with Gasteiger partial charge in [0.1, 0.15) is 24.2 Å². The fourth-order valence-corrected chi connectivity index (χ4v) is 8.21. The van der Waals surface area contributed by atoms with Gasteiger partial charge in [-0.1, -0.05) is 0 Å². The second-order valence-corrected chi connectivity index (χ2v) is 16.5. The first-order chi connectivity index (χ1) is 21.0. The van der Waals surface area contributed by atoms with Gasteiger partial charge in [0.15, 0.2) is 0 Å². The van der Waals surface area contributed by atoms with Crippen molar-refractivity contribution in [3.05, 3.63) is 52.9 Å². The van der Waals surface area contributed by atoms with Gasteiger partial charge in [-0.3, -0.25) is 9.97 Å². The Bertz CT molecular complexity index is 1730. The lowest BCUT2D eigenvalue weighted by Crippen LogP contribution is -2.46. The van der Waals surface area contributed by atoms with Gasteiger partial charge in [0.2, 0.25) is 5.95 Å². The molecule has 44 heavy (non-hydrogen) atoms. The highest BCUT2D eigenvalue weighted by atomic mass is 79.9. The minimum Gasteiger partial charge on any atom is -0.494 e. The van der Waals surface area contributed by atoms with Crippen molar-refractivity contribution < 1.29 is 9.30 Å². The minimum absolute atomic E-state index is 0.404. The third-order valence-electron chi connectivity index (χ3n) is 9.13. The second kappa shape index (κ2) is 12.3. The first-order valence-electron chi connectivity index (χ1n) is 15.0. The van der Waals surface area contributed by atoms with Crippen LogP contribution in [0.3, 0.4) is 0 Å². The monoisotopic (exact) mass is 678 g/mol. The molecule has 2 N–H and O–H groups in total. The van der Waals surface area contributed by atoms with Gasteiger partial charge in [-0.05, 0) is 111 Å². The highest BCUT2D eigenvalue weighted by molar-refractivity contribution is 9.10. The number of ether oxygens (including phenoxy) is 1. The Hall–Kier alpha value is -3.27. The Labute approximate surface area is 267 Å². The van der Waals surface area contributed by atoms with Gasteiger partial charge in [-0.15, -0.1) is 0 Å². The molecule has 4 heterocycles. The molecule has 2 aliphatic rings. The van der Waals surface area contributed by atoms with Gasteiger partial charge in [0, 0.05) is 43.4 Å². The van der Waals surface area contributed by atoms with Crippen LogP contribution < -0.4 is 25.6 Å². The van der Waals surface area contributed by atoms with Crippen molar-refractivity contribution in [1.82, 2.24) is 24.8 Å². The van der Waals surface area contributed by atoms with Crippen LogP contribution in [0.5, 0.6) is 5.75 Å². The van der Waals surface area contributed by atoms with E-state index in [9.17, 15) is 4.57 Å². The number of hydrogen-bond donors (Lipinski definition) is 2. The standard InChI is InChI=1S/C32H40BrN8O2P/c1-21-18-25(27(43-3)19-26(21)41-16-10-32(11-17-41)8-14-40(2)15-9-32)38-31-36-20-22(33)30(39-31)37-24-7-6-23-28(35-13-12-34-23)29(24)44(4,5)42/h6-7,12-13,18-20H,8-11,14-17H2,1-5H3,(H2,36,37,38,39). The molecule has 2 aromatic carbocycles. The molecule has 0 bridgehead atoms. The number of benzene rings is 2. The Morgan fingerprint density at radius 1 is 0.955 bits per heavy atom. The molecule has 0 atom stereocenters. The maximum absolute atomic E-state index is 13.4. The van der Waals surface area contributed by atoms with Crippen molar-refractivity contribution in [2.75, 3.05) is 69.2 Å². The van der Waals surface area contributed by atoms with E-state index < -0.39 is 7.14 Å². The zero-order chi connectivity index (χ0) is 31.1. The van der Waals surface area contributed by atoms with Gasteiger partial charge in [-0.25, -0.2) is 4.98 Å². The summed E-state index contributed by atoms with van der Waals surface area (Å²) in [5.74, 6) is 1.67.